The smallest absolute Gasteiger partial charge is 0.227 e. The maximum atomic E-state index is 13.0. The van der Waals surface area contributed by atoms with Crippen LogP contribution in [0.1, 0.15) is 41.8 Å². The zero-order chi connectivity index (χ0) is 20.8. The molecule has 0 saturated heterocycles. The van der Waals surface area contributed by atoms with E-state index in [2.05, 4.69) is 6.92 Å². The fourth-order valence-electron chi connectivity index (χ4n) is 3.58. The van der Waals surface area contributed by atoms with Crippen LogP contribution in [0.25, 0.3) is 10.8 Å². The summed E-state index contributed by atoms with van der Waals surface area (Å²) in [5, 5.41) is 1.86. The summed E-state index contributed by atoms with van der Waals surface area (Å²) in [5.74, 6) is 0.759. The number of benzene rings is 3. The highest BCUT2D eigenvalue weighted by molar-refractivity contribution is 6.11. The Labute approximate surface area is 172 Å². The lowest BCUT2D eigenvalue weighted by Crippen LogP contribution is -2.32. The minimum absolute atomic E-state index is 0.0436. The number of hydrogen-bond acceptors (Lipinski definition) is 3. The zero-order valence-corrected chi connectivity index (χ0v) is 17.3. The van der Waals surface area contributed by atoms with Crippen LogP contribution in [0.2, 0.25) is 0 Å². The van der Waals surface area contributed by atoms with E-state index in [9.17, 15) is 9.59 Å². The molecule has 0 bridgehead atoms. The highest BCUT2D eigenvalue weighted by atomic mass is 16.5. The molecule has 1 amide bonds. The van der Waals surface area contributed by atoms with Gasteiger partial charge in [-0.25, -0.2) is 0 Å². The van der Waals surface area contributed by atoms with Gasteiger partial charge < -0.3 is 9.64 Å². The number of likely N-dealkylation sites (N-methyl/N-ethyl adjacent to an activating group) is 1. The lowest BCUT2D eigenvalue weighted by atomic mass is 9.94. The van der Waals surface area contributed by atoms with E-state index in [-0.39, 0.29) is 18.1 Å². The van der Waals surface area contributed by atoms with E-state index in [1.54, 1.807) is 7.11 Å². The molecule has 0 atom stereocenters. The van der Waals surface area contributed by atoms with E-state index in [0.717, 1.165) is 35.1 Å². The molecule has 0 heterocycles. The molecule has 150 valence electrons. The quantitative estimate of drug-likeness (QED) is 0.516. The molecule has 0 fully saturated rings. The van der Waals surface area contributed by atoms with Crippen molar-refractivity contribution < 1.29 is 14.3 Å². The number of methoxy groups -OCH3 is 1. The van der Waals surface area contributed by atoms with Crippen molar-refractivity contribution in [3.63, 3.8) is 0 Å². The van der Waals surface area contributed by atoms with Gasteiger partial charge in [0.2, 0.25) is 5.91 Å². The van der Waals surface area contributed by atoms with Crippen LogP contribution in [0.5, 0.6) is 5.75 Å². The Bertz CT molecular complexity index is 1010. The third kappa shape index (κ3) is 4.65. The Morgan fingerprint density at radius 1 is 0.931 bits per heavy atom. The predicted octanol–water partition coefficient (Wildman–Crippen LogP) is 4.88. The molecule has 29 heavy (non-hydrogen) atoms. The van der Waals surface area contributed by atoms with E-state index in [1.807, 2.05) is 72.5 Å². The normalized spacial score (nSPS) is 10.7. The number of fused-ring (bicyclic) bond motifs is 1. The fraction of sp³-hybridized carbons (Fsp3) is 0.280. The first kappa shape index (κ1) is 20.6. The van der Waals surface area contributed by atoms with Gasteiger partial charge in [-0.15, -0.1) is 0 Å². The number of carbonyl (C=O) groups excluding carboxylic acids is 2. The second-order valence-electron chi connectivity index (χ2n) is 7.07. The molecule has 0 radical (unpaired) electrons. The van der Waals surface area contributed by atoms with Gasteiger partial charge in [0.25, 0.3) is 0 Å². The topological polar surface area (TPSA) is 46.6 Å². The predicted molar refractivity (Wildman–Crippen MR) is 117 cm³/mol. The summed E-state index contributed by atoms with van der Waals surface area (Å²) >= 11 is 0. The average molecular weight is 389 g/mol. The molecule has 0 N–H and O–H groups in total. The maximum Gasteiger partial charge on any atom is 0.227 e. The number of ether oxygens (including phenoxy) is 1. The van der Waals surface area contributed by atoms with Gasteiger partial charge in [0.05, 0.1) is 13.5 Å². The van der Waals surface area contributed by atoms with Crippen LogP contribution in [0, 0.1) is 0 Å². The molecule has 4 nitrogen and oxygen atoms in total. The van der Waals surface area contributed by atoms with Gasteiger partial charge >= 0.3 is 0 Å². The number of ketones is 1. The van der Waals surface area contributed by atoms with Crippen LogP contribution in [0.4, 0.5) is 0 Å². The molecule has 3 rings (SSSR count). The molecule has 0 aliphatic carbocycles. The first-order chi connectivity index (χ1) is 14.1. The maximum absolute atomic E-state index is 13.0. The third-order valence-corrected chi connectivity index (χ3v) is 5.11. The van der Waals surface area contributed by atoms with Crippen LogP contribution in [-0.4, -0.2) is 36.8 Å². The number of amides is 1. The van der Waals surface area contributed by atoms with E-state index in [4.69, 9.17) is 4.74 Å². The van der Waals surface area contributed by atoms with E-state index < -0.39 is 0 Å². The third-order valence-electron chi connectivity index (χ3n) is 5.11. The first-order valence-electron chi connectivity index (χ1n) is 10.1. The molecule has 0 saturated carbocycles. The Morgan fingerprint density at radius 2 is 1.69 bits per heavy atom. The number of hydrogen-bond donors (Lipinski definition) is 0. The van der Waals surface area contributed by atoms with Gasteiger partial charge in [-0.05, 0) is 53.9 Å². The summed E-state index contributed by atoms with van der Waals surface area (Å²) in [6.45, 7) is 5.47. The number of carbonyl (C=O) groups is 2. The van der Waals surface area contributed by atoms with E-state index in [0.29, 0.717) is 17.7 Å². The minimum atomic E-state index is -0.0436. The number of rotatable bonds is 8. The monoisotopic (exact) mass is 389 g/mol. The standard InChI is InChI=1S/C25H27NO3/c1-4-13-26(5-2)24(27)16-20-15-21(25(28)18-9-7-6-8-10-18)14-19-11-12-22(29-3)17-23(19)20/h6-12,14-15,17H,4-5,13,16H2,1-3H3. The zero-order valence-electron chi connectivity index (χ0n) is 17.3. The molecule has 0 aromatic heterocycles. The van der Waals surface area contributed by atoms with E-state index in [1.165, 1.54) is 0 Å². The largest absolute Gasteiger partial charge is 0.497 e. The molecule has 0 aliphatic heterocycles. The lowest BCUT2D eigenvalue weighted by Gasteiger charge is -2.21. The van der Waals surface area contributed by atoms with Crippen molar-refractivity contribution in [2.75, 3.05) is 20.2 Å². The summed E-state index contributed by atoms with van der Waals surface area (Å²) in [7, 11) is 1.62. The molecular weight excluding hydrogens is 362 g/mol. The average Bonchev–Trinajstić information content (AvgIpc) is 2.77. The van der Waals surface area contributed by atoms with Crippen molar-refractivity contribution in [1.29, 1.82) is 0 Å². The van der Waals surface area contributed by atoms with Crippen molar-refractivity contribution >= 4 is 22.5 Å². The molecule has 0 spiro atoms. The molecule has 0 unspecified atom stereocenters. The minimum Gasteiger partial charge on any atom is -0.497 e. The van der Waals surface area contributed by atoms with Crippen LogP contribution < -0.4 is 4.74 Å². The molecule has 4 heteroatoms. The van der Waals surface area contributed by atoms with E-state index >= 15 is 0 Å². The van der Waals surface area contributed by atoms with Gasteiger partial charge in [-0.1, -0.05) is 43.3 Å². The van der Waals surface area contributed by atoms with Crippen molar-refractivity contribution in [3.05, 3.63) is 77.4 Å². The Balaban J connectivity index is 2.07. The van der Waals surface area contributed by atoms with Crippen LogP contribution in [0.15, 0.2) is 60.7 Å². The van der Waals surface area contributed by atoms with Gasteiger partial charge in [0, 0.05) is 24.2 Å². The summed E-state index contributed by atoms with van der Waals surface area (Å²) in [4.78, 5) is 27.8. The fourth-order valence-corrected chi connectivity index (χ4v) is 3.58. The second kappa shape index (κ2) is 9.37. The van der Waals surface area contributed by atoms with Crippen molar-refractivity contribution in [2.24, 2.45) is 0 Å². The highest BCUT2D eigenvalue weighted by Crippen LogP contribution is 2.27. The van der Waals surface area contributed by atoms with Gasteiger partial charge in [-0.3, -0.25) is 9.59 Å². The van der Waals surface area contributed by atoms with Gasteiger partial charge in [-0.2, -0.15) is 0 Å². The van der Waals surface area contributed by atoms with Crippen LogP contribution >= 0.6 is 0 Å². The summed E-state index contributed by atoms with van der Waals surface area (Å²) in [6, 6.07) is 18.7. The molecule has 3 aromatic carbocycles. The SMILES string of the molecule is CCCN(CC)C(=O)Cc1cc(C(=O)c2ccccc2)cc2ccc(OC)cc12. The Kier molecular flexibility index (Phi) is 6.65. The van der Waals surface area contributed by atoms with Crippen molar-refractivity contribution in [2.45, 2.75) is 26.7 Å². The second-order valence-corrected chi connectivity index (χ2v) is 7.07. The summed E-state index contributed by atoms with van der Waals surface area (Å²) in [5.41, 5.74) is 2.08. The lowest BCUT2D eigenvalue weighted by molar-refractivity contribution is -0.130. The Hall–Kier alpha value is -3.14. The van der Waals surface area contributed by atoms with Gasteiger partial charge in [0.1, 0.15) is 5.75 Å². The molecule has 0 aliphatic rings. The van der Waals surface area contributed by atoms with Crippen molar-refractivity contribution in [1.82, 2.24) is 4.90 Å². The first-order valence-corrected chi connectivity index (χ1v) is 10.1. The van der Waals surface area contributed by atoms with Crippen LogP contribution in [-0.2, 0) is 11.2 Å². The van der Waals surface area contributed by atoms with Crippen molar-refractivity contribution in [3.8, 4) is 5.75 Å². The Morgan fingerprint density at radius 3 is 2.34 bits per heavy atom. The number of nitrogens with zero attached hydrogens (tertiary/aromatic N) is 1. The van der Waals surface area contributed by atoms with Gasteiger partial charge in [0.15, 0.2) is 5.78 Å². The molecule has 3 aromatic rings. The molecular formula is C25H27NO3. The summed E-state index contributed by atoms with van der Waals surface area (Å²) in [6.07, 6.45) is 1.17. The summed E-state index contributed by atoms with van der Waals surface area (Å²) < 4.78 is 5.37. The van der Waals surface area contributed by atoms with Crippen LogP contribution in [0.3, 0.4) is 0 Å². The highest BCUT2D eigenvalue weighted by Gasteiger charge is 2.17.